The van der Waals surface area contributed by atoms with E-state index >= 15 is 0 Å². The number of nitrogens with zero attached hydrogens (tertiary/aromatic N) is 4. The van der Waals surface area contributed by atoms with Gasteiger partial charge in [-0.2, -0.15) is 0 Å². The Balaban J connectivity index is 0.000000146. The summed E-state index contributed by atoms with van der Waals surface area (Å²) in [7, 11) is -1.38. The second-order valence-electron chi connectivity index (χ2n) is 28.9. The molecule has 0 radical (unpaired) electrons. The van der Waals surface area contributed by atoms with Gasteiger partial charge in [-0.15, -0.1) is 0 Å². The van der Waals surface area contributed by atoms with E-state index in [1.807, 2.05) is 104 Å². The Morgan fingerprint density at radius 1 is 0.230 bits per heavy atom. The van der Waals surface area contributed by atoms with Gasteiger partial charge in [-0.05, 0) is 275 Å². The number of aromatic nitrogens is 4. The van der Waals surface area contributed by atoms with Gasteiger partial charge < -0.3 is 27.9 Å². The first-order valence-corrected chi connectivity index (χ1v) is 34.9. The lowest BCUT2D eigenvalue weighted by Crippen LogP contribution is -2.41. The fraction of sp³-hybridized carbons (Fsp3) is 0.209. The standard InChI is InChI=1S/C40H35BN2O2.C34H23BrN2.C12H24B2O4/c1-39(2)40(3,4)45-41(44-39)38-17-7-14-32(25-38)37-23-35(30-12-5-10-28(20-30)33-15-8-18-42-26-33)22-36(24-37)31-13-6-11-29(21-31)34-16-9-19-43-27-34;35-34-13-3-10-28(21-34)33-19-31(26-8-1-6-24(16-26)29-11-4-14-36-22-29)18-32(20-33)27-9-2-7-25(17-27)30-12-5-15-37-23-30;1-9(2)10(3,4)16-13(15-9)14-17-11(5,6)12(7,8)18-14/h5-27H,1-4H3;1-23H;1-8H3. The average molecular weight is 1380 g/mol. The predicted octanol–water partition coefficient (Wildman–Crippen LogP) is 20.9. The van der Waals surface area contributed by atoms with Crippen LogP contribution in [-0.2, 0) is 27.9 Å². The van der Waals surface area contributed by atoms with Gasteiger partial charge in [-0.3, -0.25) is 19.9 Å². The van der Waals surface area contributed by atoms with Gasteiger partial charge in [0.25, 0.3) is 0 Å². The Hall–Kier alpha value is -9.21. The van der Waals surface area contributed by atoms with Crippen molar-refractivity contribution < 1.29 is 27.9 Å². The van der Waals surface area contributed by atoms with Crippen LogP contribution in [0.15, 0.2) is 285 Å². The summed E-state index contributed by atoms with van der Waals surface area (Å²) < 4.78 is 37.7. The summed E-state index contributed by atoms with van der Waals surface area (Å²) in [6, 6.07) is 81.7. The SMILES string of the molecule is Brc1cccc(-c2cc(-c3cccc(-c4cccnc4)c3)cc(-c3cccc(-c4cccnc4)c3)c2)c1.CC1(C)OB(B2OC(C)(C)C(C)(C)O2)OC1(C)C.CC1(C)OB(c2cccc(-c3cc(-c4cccc(-c5cccnc5)c4)cc(-c4cccc(-c5cccnc5)c4)c3)c2)OC1(C)C. The monoisotopic (exact) mass is 1380 g/mol. The molecule has 3 aliphatic heterocycles. The third-order valence-electron chi connectivity index (χ3n) is 20.3. The zero-order chi connectivity index (χ0) is 70.0. The number of hydrogen-bond acceptors (Lipinski definition) is 10. The normalized spacial score (nSPS) is 16.6. The van der Waals surface area contributed by atoms with Crippen molar-refractivity contribution in [2.24, 2.45) is 0 Å². The Labute approximate surface area is 599 Å². The molecule has 0 atom stereocenters. The van der Waals surface area contributed by atoms with Crippen LogP contribution in [-0.4, -0.2) is 74.7 Å². The summed E-state index contributed by atoms with van der Waals surface area (Å²) in [5.74, 6) is 0. The summed E-state index contributed by atoms with van der Waals surface area (Å²) in [5.41, 5.74) is 21.6. The molecule has 10 nitrogen and oxygen atoms in total. The van der Waals surface area contributed by atoms with Crippen molar-refractivity contribution in [2.45, 2.75) is 117 Å². The zero-order valence-corrected chi connectivity index (χ0v) is 60.5. The van der Waals surface area contributed by atoms with Crippen LogP contribution < -0.4 is 5.46 Å². The van der Waals surface area contributed by atoms with E-state index in [0.29, 0.717) is 0 Å². The minimum atomic E-state index is -0.476. The molecule has 15 rings (SSSR count). The highest BCUT2D eigenvalue weighted by Crippen LogP contribution is 2.45. The first kappa shape index (κ1) is 69.3. The second-order valence-corrected chi connectivity index (χ2v) is 29.8. The molecule has 12 aromatic rings. The van der Waals surface area contributed by atoms with Crippen LogP contribution in [0.1, 0.15) is 83.1 Å². The molecule has 4 aromatic heterocycles. The summed E-state index contributed by atoms with van der Waals surface area (Å²) in [4.78, 5) is 17.3. The maximum atomic E-state index is 6.41. The molecular weight excluding hydrogens is 1300 g/mol. The van der Waals surface area contributed by atoms with Gasteiger partial charge >= 0.3 is 21.1 Å². The molecule has 0 unspecified atom stereocenters. The quantitative estimate of drug-likeness (QED) is 0.110. The van der Waals surface area contributed by atoms with Crippen molar-refractivity contribution in [3.63, 3.8) is 0 Å². The molecule has 0 amide bonds. The Morgan fingerprint density at radius 3 is 0.700 bits per heavy atom. The van der Waals surface area contributed by atoms with Gasteiger partial charge in [0.2, 0.25) is 0 Å². The van der Waals surface area contributed by atoms with Gasteiger partial charge in [0.05, 0.1) is 33.6 Å². The first-order valence-electron chi connectivity index (χ1n) is 34.1. The number of benzene rings is 8. The largest absolute Gasteiger partial charge is 0.494 e. The number of halogens is 1. The lowest BCUT2D eigenvalue weighted by molar-refractivity contribution is 0.00578. The molecule has 0 aliphatic carbocycles. The molecule has 7 heterocycles. The van der Waals surface area contributed by atoms with Crippen molar-refractivity contribution in [1.29, 1.82) is 0 Å². The van der Waals surface area contributed by atoms with Gasteiger partial charge in [0.15, 0.2) is 0 Å². The highest BCUT2D eigenvalue weighted by molar-refractivity contribution is 9.10. The summed E-state index contributed by atoms with van der Waals surface area (Å²) in [6.07, 6.45) is 14.9. The van der Waals surface area contributed by atoms with Crippen LogP contribution in [0.5, 0.6) is 0 Å². The van der Waals surface area contributed by atoms with Crippen molar-refractivity contribution in [3.8, 4) is 111 Å². The third-order valence-corrected chi connectivity index (χ3v) is 20.8. The van der Waals surface area contributed by atoms with E-state index < -0.39 is 32.3 Å². The molecule has 0 N–H and O–H groups in total. The lowest BCUT2D eigenvalue weighted by atomic mass is 9.49. The van der Waals surface area contributed by atoms with Gasteiger partial charge in [0.1, 0.15) is 0 Å². The van der Waals surface area contributed by atoms with E-state index in [1.165, 1.54) is 33.4 Å². The second kappa shape index (κ2) is 28.4. The van der Waals surface area contributed by atoms with Crippen LogP contribution >= 0.6 is 15.9 Å². The minimum Gasteiger partial charge on any atom is -0.405 e. The van der Waals surface area contributed by atoms with E-state index in [4.69, 9.17) is 27.9 Å². The fourth-order valence-electron chi connectivity index (χ4n) is 12.4. The van der Waals surface area contributed by atoms with Crippen molar-refractivity contribution in [2.75, 3.05) is 0 Å². The van der Waals surface area contributed by atoms with Crippen LogP contribution in [0, 0.1) is 0 Å². The third kappa shape index (κ3) is 15.3. The zero-order valence-electron chi connectivity index (χ0n) is 58.9. The van der Waals surface area contributed by atoms with E-state index in [1.54, 1.807) is 24.8 Å². The Kier molecular flexibility index (Phi) is 19.7. The summed E-state index contributed by atoms with van der Waals surface area (Å²) in [5, 5.41) is 0. The highest BCUT2D eigenvalue weighted by atomic mass is 79.9. The van der Waals surface area contributed by atoms with Gasteiger partial charge in [-0.25, -0.2) is 0 Å². The molecule has 0 saturated carbocycles. The molecular formula is C86H82B3BrN4O6. The first-order chi connectivity index (χ1) is 47.9. The molecule has 3 aliphatic rings. The molecule has 498 valence electrons. The average Bonchev–Trinajstić information content (AvgIpc) is 1.42. The maximum absolute atomic E-state index is 6.41. The van der Waals surface area contributed by atoms with E-state index in [0.717, 1.165) is 87.8 Å². The topological polar surface area (TPSA) is 107 Å². The number of hydrogen-bond donors (Lipinski definition) is 0. The van der Waals surface area contributed by atoms with Crippen molar-refractivity contribution in [1.82, 2.24) is 19.9 Å². The molecule has 14 heteroatoms. The molecule has 0 spiro atoms. The Bertz CT molecular complexity index is 4580. The number of rotatable bonds is 12. The fourth-order valence-corrected chi connectivity index (χ4v) is 12.8. The molecule has 100 heavy (non-hydrogen) atoms. The molecule has 3 saturated heterocycles. The van der Waals surface area contributed by atoms with Gasteiger partial charge in [0, 0.05) is 76.3 Å². The van der Waals surface area contributed by atoms with Crippen molar-refractivity contribution >= 4 is 42.5 Å². The van der Waals surface area contributed by atoms with Crippen LogP contribution in [0.25, 0.3) is 111 Å². The van der Waals surface area contributed by atoms with E-state index in [2.05, 4.69) is 270 Å². The molecule has 3 fully saturated rings. The lowest BCUT2D eigenvalue weighted by Gasteiger charge is -2.32. The molecule has 0 bridgehead atoms. The van der Waals surface area contributed by atoms with Crippen LogP contribution in [0.2, 0.25) is 0 Å². The molecule has 8 aromatic carbocycles. The highest BCUT2D eigenvalue weighted by Gasteiger charge is 2.64. The van der Waals surface area contributed by atoms with E-state index in [-0.39, 0.29) is 22.4 Å². The summed E-state index contributed by atoms with van der Waals surface area (Å²) >= 11 is 3.65. The van der Waals surface area contributed by atoms with Gasteiger partial charge in [-0.1, -0.05) is 149 Å². The smallest absolute Gasteiger partial charge is 0.405 e. The van der Waals surface area contributed by atoms with E-state index in [9.17, 15) is 0 Å². The predicted molar refractivity (Wildman–Crippen MR) is 414 cm³/mol. The van der Waals surface area contributed by atoms with Crippen LogP contribution in [0.4, 0.5) is 0 Å². The minimum absolute atomic E-state index is 0.360. The maximum Gasteiger partial charge on any atom is 0.494 e. The summed E-state index contributed by atoms with van der Waals surface area (Å²) in [6.45, 7) is 24.6. The van der Waals surface area contributed by atoms with Crippen LogP contribution in [0.3, 0.4) is 0 Å². The number of pyridine rings is 4. The Morgan fingerprint density at radius 2 is 0.440 bits per heavy atom. The van der Waals surface area contributed by atoms with Crippen molar-refractivity contribution in [3.05, 3.63) is 285 Å².